The number of nitrogens with zero attached hydrogens (tertiary/aromatic N) is 4. The predicted molar refractivity (Wildman–Crippen MR) is 101 cm³/mol. The van der Waals surface area contributed by atoms with Crippen molar-refractivity contribution in [2.75, 3.05) is 25.9 Å². The van der Waals surface area contributed by atoms with Crippen molar-refractivity contribution in [3.63, 3.8) is 0 Å². The van der Waals surface area contributed by atoms with Crippen LogP contribution in [0.1, 0.15) is 30.0 Å². The van der Waals surface area contributed by atoms with Crippen LogP contribution < -0.4 is 5.73 Å². The molecule has 2 atom stereocenters. The lowest BCUT2D eigenvalue weighted by Crippen LogP contribution is -2.37. The highest BCUT2D eigenvalue weighted by Gasteiger charge is 2.32. The third kappa shape index (κ3) is 4.29. The second-order valence-corrected chi connectivity index (χ2v) is 8.15. The van der Waals surface area contributed by atoms with Gasteiger partial charge in [0.2, 0.25) is 5.91 Å². The van der Waals surface area contributed by atoms with Crippen LogP contribution in [0.4, 0.5) is 5.82 Å². The van der Waals surface area contributed by atoms with Crippen molar-refractivity contribution < 1.29 is 4.79 Å². The Morgan fingerprint density at radius 2 is 2.32 bits per heavy atom. The first-order chi connectivity index (χ1) is 11.9. The maximum atomic E-state index is 12.8. The zero-order valence-corrected chi connectivity index (χ0v) is 15.9. The monoisotopic (exact) mass is 379 g/mol. The van der Waals surface area contributed by atoms with Gasteiger partial charge in [0.15, 0.2) is 0 Å². The van der Waals surface area contributed by atoms with E-state index in [1.165, 1.54) is 11.3 Å². The summed E-state index contributed by atoms with van der Waals surface area (Å²) >= 11 is 7.46. The van der Waals surface area contributed by atoms with E-state index in [0.717, 1.165) is 28.7 Å². The van der Waals surface area contributed by atoms with Gasteiger partial charge < -0.3 is 10.6 Å². The van der Waals surface area contributed by atoms with Gasteiger partial charge in [-0.05, 0) is 38.6 Å². The van der Waals surface area contributed by atoms with Gasteiger partial charge in [-0.25, -0.2) is 9.97 Å². The van der Waals surface area contributed by atoms with Crippen molar-refractivity contribution in [1.29, 1.82) is 0 Å². The first-order valence-corrected chi connectivity index (χ1v) is 9.45. The van der Waals surface area contributed by atoms with E-state index in [2.05, 4.69) is 14.9 Å². The number of rotatable bonds is 5. The van der Waals surface area contributed by atoms with E-state index in [0.29, 0.717) is 24.2 Å². The molecule has 0 aromatic carbocycles. The summed E-state index contributed by atoms with van der Waals surface area (Å²) in [5, 5.41) is 0. The molecule has 3 rings (SSSR count). The molecule has 2 aromatic rings. The summed E-state index contributed by atoms with van der Waals surface area (Å²) in [6.07, 6.45) is 2.62. The summed E-state index contributed by atoms with van der Waals surface area (Å²) in [7, 11) is 2.04. The van der Waals surface area contributed by atoms with E-state index < -0.39 is 0 Å². The number of halogens is 1. The Kier molecular flexibility index (Phi) is 5.56. The average Bonchev–Trinajstić information content (AvgIpc) is 3.22. The molecule has 3 heterocycles. The Morgan fingerprint density at radius 3 is 3.00 bits per heavy atom. The lowest BCUT2D eigenvalue weighted by Gasteiger charge is -2.25. The summed E-state index contributed by atoms with van der Waals surface area (Å²) in [6.45, 7) is 4.06. The number of carbonyl (C=O) groups is 1. The van der Waals surface area contributed by atoms with Crippen LogP contribution in [0.3, 0.4) is 0 Å². The fourth-order valence-corrected chi connectivity index (χ4v) is 4.21. The molecule has 1 saturated heterocycles. The molecule has 2 aromatic heterocycles. The smallest absolute Gasteiger partial charge is 0.230 e. The van der Waals surface area contributed by atoms with Crippen LogP contribution in [0, 0.1) is 0 Å². The zero-order valence-electron chi connectivity index (χ0n) is 14.4. The standard InChI is InChI=1S/C17H22ClN5OS/c1-11(13-3-4-14(18)25-13)17(24)23-8-6-12(9-23)22(2)10-16-20-7-5-15(19)21-16/h3-5,7,11-12H,6,8-10H2,1-2H3,(H2,19,20,21). The van der Waals surface area contributed by atoms with Crippen molar-refractivity contribution in [2.24, 2.45) is 0 Å². The van der Waals surface area contributed by atoms with Gasteiger partial charge in [-0.2, -0.15) is 0 Å². The Hall–Kier alpha value is -1.70. The minimum absolute atomic E-state index is 0.154. The first kappa shape index (κ1) is 18.1. The third-order valence-electron chi connectivity index (χ3n) is 4.61. The number of carbonyl (C=O) groups excluding carboxylic acids is 1. The number of nitrogen functional groups attached to an aromatic ring is 1. The molecule has 1 aliphatic heterocycles. The van der Waals surface area contributed by atoms with E-state index in [9.17, 15) is 4.79 Å². The number of hydrogen-bond donors (Lipinski definition) is 1. The molecular formula is C17H22ClN5OS. The Labute approximate surface area is 156 Å². The number of nitrogens with two attached hydrogens (primary N) is 1. The van der Waals surface area contributed by atoms with Crippen LogP contribution in [0.5, 0.6) is 0 Å². The van der Waals surface area contributed by atoms with E-state index in [4.69, 9.17) is 17.3 Å². The Morgan fingerprint density at radius 1 is 1.52 bits per heavy atom. The molecule has 0 bridgehead atoms. The van der Waals surface area contributed by atoms with Gasteiger partial charge in [-0.1, -0.05) is 11.6 Å². The molecule has 0 spiro atoms. The third-order valence-corrected chi connectivity index (χ3v) is 6.02. The maximum absolute atomic E-state index is 12.8. The van der Waals surface area contributed by atoms with Crippen LogP contribution in [0.15, 0.2) is 24.4 Å². The highest BCUT2D eigenvalue weighted by atomic mass is 35.5. The fourth-order valence-electron chi connectivity index (χ4n) is 3.10. The number of hydrogen-bond acceptors (Lipinski definition) is 6. The van der Waals surface area contributed by atoms with Crippen molar-refractivity contribution in [3.8, 4) is 0 Å². The second-order valence-electron chi connectivity index (χ2n) is 6.40. The number of anilines is 1. The summed E-state index contributed by atoms with van der Waals surface area (Å²) in [5.74, 6) is 1.19. The van der Waals surface area contributed by atoms with Crippen LogP contribution >= 0.6 is 22.9 Å². The summed E-state index contributed by atoms with van der Waals surface area (Å²) in [5.41, 5.74) is 5.71. The van der Waals surface area contributed by atoms with Crippen LogP contribution in [-0.2, 0) is 11.3 Å². The normalized spacial score (nSPS) is 18.7. The SMILES string of the molecule is CC(C(=O)N1CCC(N(C)Cc2nccc(N)n2)C1)c1ccc(Cl)s1. The van der Waals surface area contributed by atoms with Gasteiger partial charge in [0.05, 0.1) is 16.8 Å². The largest absolute Gasteiger partial charge is 0.384 e. The lowest BCUT2D eigenvalue weighted by molar-refractivity contribution is -0.131. The van der Waals surface area contributed by atoms with Gasteiger partial charge in [0.25, 0.3) is 0 Å². The predicted octanol–water partition coefficient (Wildman–Crippen LogP) is 2.61. The highest BCUT2D eigenvalue weighted by Crippen LogP contribution is 2.30. The number of thiophene rings is 1. The summed E-state index contributed by atoms with van der Waals surface area (Å²) in [4.78, 5) is 26.4. The van der Waals surface area contributed by atoms with E-state index >= 15 is 0 Å². The van der Waals surface area contributed by atoms with E-state index in [-0.39, 0.29) is 11.8 Å². The van der Waals surface area contributed by atoms with Crippen molar-refractivity contribution in [2.45, 2.75) is 31.8 Å². The van der Waals surface area contributed by atoms with Gasteiger partial charge in [0, 0.05) is 30.2 Å². The van der Waals surface area contributed by atoms with Gasteiger partial charge in [0.1, 0.15) is 11.6 Å². The quantitative estimate of drug-likeness (QED) is 0.864. The number of likely N-dealkylation sites (N-methyl/N-ethyl adjacent to an activating group) is 1. The van der Waals surface area contributed by atoms with Crippen molar-refractivity contribution >= 4 is 34.7 Å². The molecule has 0 radical (unpaired) electrons. The van der Waals surface area contributed by atoms with Gasteiger partial charge >= 0.3 is 0 Å². The Balaban J connectivity index is 1.58. The molecule has 0 aliphatic carbocycles. The van der Waals surface area contributed by atoms with Gasteiger partial charge in [-0.3, -0.25) is 9.69 Å². The van der Waals surface area contributed by atoms with E-state index in [1.807, 2.05) is 31.0 Å². The molecule has 6 nitrogen and oxygen atoms in total. The van der Waals surface area contributed by atoms with E-state index in [1.54, 1.807) is 12.3 Å². The molecule has 134 valence electrons. The molecular weight excluding hydrogens is 358 g/mol. The van der Waals surface area contributed by atoms with Crippen molar-refractivity contribution in [3.05, 3.63) is 39.4 Å². The minimum atomic E-state index is -0.154. The molecule has 0 saturated carbocycles. The first-order valence-electron chi connectivity index (χ1n) is 8.25. The minimum Gasteiger partial charge on any atom is -0.384 e. The number of likely N-dealkylation sites (tertiary alicyclic amines) is 1. The topological polar surface area (TPSA) is 75.4 Å². The van der Waals surface area contributed by atoms with Gasteiger partial charge in [-0.15, -0.1) is 11.3 Å². The molecule has 8 heteroatoms. The molecule has 1 amide bonds. The maximum Gasteiger partial charge on any atom is 0.230 e. The van der Waals surface area contributed by atoms with Crippen LogP contribution in [0.2, 0.25) is 4.34 Å². The lowest BCUT2D eigenvalue weighted by atomic mass is 10.1. The second kappa shape index (κ2) is 7.68. The number of amides is 1. The molecule has 2 N–H and O–H groups in total. The Bertz CT molecular complexity index is 752. The van der Waals surface area contributed by atoms with Crippen LogP contribution in [0.25, 0.3) is 0 Å². The molecule has 25 heavy (non-hydrogen) atoms. The van der Waals surface area contributed by atoms with Crippen LogP contribution in [-0.4, -0.2) is 51.9 Å². The summed E-state index contributed by atoms with van der Waals surface area (Å²) < 4.78 is 0.718. The summed E-state index contributed by atoms with van der Waals surface area (Å²) in [6, 6.07) is 5.76. The zero-order chi connectivity index (χ0) is 18.0. The highest BCUT2D eigenvalue weighted by molar-refractivity contribution is 7.16. The average molecular weight is 380 g/mol. The fraction of sp³-hybridized carbons (Fsp3) is 0.471. The molecule has 1 fully saturated rings. The molecule has 1 aliphatic rings. The van der Waals surface area contributed by atoms with Crippen molar-refractivity contribution in [1.82, 2.24) is 19.8 Å². The number of aromatic nitrogens is 2. The molecule has 2 unspecified atom stereocenters.